The van der Waals surface area contributed by atoms with E-state index in [-0.39, 0.29) is 12.6 Å². The van der Waals surface area contributed by atoms with Gasteiger partial charge < -0.3 is 24.8 Å². The van der Waals surface area contributed by atoms with Gasteiger partial charge in [0.25, 0.3) is 0 Å². The van der Waals surface area contributed by atoms with E-state index in [0.717, 1.165) is 5.56 Å². The van der Waals surface area contributed by atoms with Crippen LogP contribution < -0.4 is 10.6 Å². The highest BCUT2D eigenvalue weighted by Crippen LogP contribution is 2.08. The summed E-state index contributed by atoms with van der Waals surface area (Å²) in [6, 6.07) is 9.30. The van der Waals surface area contributed by atoms with Crippen LogP contribution in [-0.2, 0) is 20.8 Å². The van der Waals surface area contributed by atoms with Gasteiger partial charge in [0.2, 0.25) is 0 Å². The Balaban J connectivity index is 2.23. The van der Waals surface area contributed by atoms with E-state index in [4.69, 9.17) is 14.2 Å². The highest BCUT2D eigenvalue weighted by molar-refractivity contribution is 5.68. The topological polar surface area (TPSA) is 85.9 Å². The van der Waals surface area contributed by atoms with Crippen molar-refractivity contribution in [1.82, 2.24) is 10.6 Å². The summed E-state index contributed by atoms with van der Waals surface area (Å²) >= 11 is 0. The first-order valence-corrected chi connectivity index (χ1v) is 8.73. The van der Waals surface area contributed by atoms with Crippen LogP contribution >= 0.6 is 0 Å². The number of hydrogen-bond acceptors (Lipinski definition) is 5. The van der Waals surface area contributed by atoms with Crippen LogP contribution in [0.3, 0.4) is 0 Å². The van der Waals surface area contributed by atoms with Crippen molar-refractivity contribution in [2.45, 2.75) is 51.9 Å². The summed E-state index contributed by atoms with van der Waals surface area (Å²) in [7, 11) is 1.57. The number of nitrogens with one attached hydrogen (secondary N) is 2. The lowest BCUT2D eigenvalue weighted by Gasteiger charge is -2.23. The summed E-state index contributed by atoms with van der Waals surface area (Å²) < 4.78 is 15.5. The van der Waals surface area contributed by atoms with Crippen molar-refractivity contribution in [3.05, 3.63) is 35.9 Å². The predicted octanol–water partition coefficient (Wildman–Crippen LogP) is 3.23. The number of carbonyl (C=O) groups excluding carboxylic acids is 2. The molecule has 0 fully saturated rings. The van der Waals surface area contributed by atoms with Crippen LogP contribution in [0.1, 0.15) is 39.2 Å². The zero-order valence-corrected chi connectivity index (χ0v) is 16.0. The van der Waals surface area contributed by atoms with Gasteiger partial charge in [0.1, 0.15) is 12.2 Å². The number of benzene rings is 1. The van der Waals surface area contributed by atoms with E-state index in [2.05, 4.69) is 10.6 Å². The molecule has 1 rings (SSSR count). The third-order valence-electron chi connectivity index (χ3n) is 3.30. The summed E-state index contributed by atoms with van der Waals surface area (Å²) in [6.45, 7) is 6.48. The SMILES string of the molecule is COC[C@H](CCCNC(=O)OCc1ccccc1)NC(=O)OC(C)(C)C. The number of alkyl carbamates (subject to hydrolysis) is 2. The van der Waals surface area contributed by atoms with Crippen molar-refractivity contribution in [3.63, 3.8) is 0 Å². The molecular formula is C19H30N2O5. The van der Waals surface area contributed by atoms with Crippen LogP contribution in [0.15, 0.2) is 30.3 Å². The molecule has 0 spiro atoms. The summed E-state index contributed by atoms with van der Waals surface area (Å²) in [5.74, 6) is 0. The Morgan fingerprint density at radius 2 is 1.81 bits per heavy atom. The lowest BCUT2D eigenvalue weighted by atomic mass is 10.1. The second-order valence-corrected chi connectivity index (χ2v) is 6.93. The quantitative estimate of drug-likeness (QED) is 0.655. The van der Waals surface area contributed by atoms with Crippen LogP contribution in [0, 0.1) is 0 Å². The number of amides is 2. The highest BCUT2D eigenvalue weighted by atomic mass is 16.6. The standard InChI is InChI=1S/C19H30N2O5/c1-19(2,3)26-18(23)21-16(14-24-4)11-8-12-20-17(22)25-13-15-9-6-5-7-10-15/h5-7,9-10,16H,8,11-14H2,1-4H3,(H,20,22)(H,21,23)/t16-/m0/s1. The smallest absolute Gasteiger partial charge is 0.407 e. The fourth-order valence-electron chi connectivity index (χ4n) is 2.19. The maximum absolute atomic E-state index is 11.8. The van der Waals surface area contributed by atoms with E-state index in [0.29, 0.717) is 26.0 Å². The van der Waals surface area contributed by atoms with Gasteiger partial charge in [0.05, 0.1) is 12.6 Å². The molecule has 1 atom stereocenters. The minimum atomic E-state index is -0.550. The molecule has 7 heteroatoms. The number of hydrogen-bond donors (Lipinski definition) is 2. The molecule has 1 aromatic carbocycles. The monoisotopic (exact) mass is 366 g/mol. The normalized spacial score (nSPS) is 12.2. The molecule has 0 aliphatic rings. The van der Waals surface area contributed by atoms with Gasteiger partial charge in [0, 0.05) is 13.7 Å². The van der Waals surface area contributed by atoms with E-state index in [1.165, 1.54) is 0 Å². The predicted molar refractivity (Wildman–Crippen MR) is 98.9 cm³/mol. The molecule has 146 valence electrons. The third kappa shape index (κ3) is 10.6. The van der Waals surface area contributed by atoms with E-state index >= 15 is 0 Å². The van der Waals surface area contributed by atoms with E-state index in [9.17, 15) is 9.59 Å². The zero-order chi connectivity index (χ0) is 19.4. The number of carbonyl (C=O) groups is 2. The summed E-state index contributed by atoms with van der Waals surface area (Å²) in [6.07, 6.45) is 0.378. The Morgan fingerprint density at radius 3 is 2.42 bits per heavy atom. The van der Waals surface area contributed by atoms with Crippen LogP contribution in [-0.4, -0.2) is 44.1 Å². The van der Waals surface area contributed by atoms with Crippen molar-refractivity contribution in [3.8, 4) is 0 Å². The highest BCUT2D eigenvalue weighted by Gasteiger charge is 2.19. The van der Waals surface area contributed by atoms with Crippen molar-refractivity contribution >= 4 is 12.2 Å². The Morgan fingerprint density at radius 1 is 1.12 bits per heavy atom. The third-order valence-corrected chi connectivity index (χ3v) is 3.30. The molecule has 0 aromatic heterocycles. The summed E-state index contributed by atoms with van der Waals surface area (Å²) in [4.78, 5) is 23.5. The first-order chi connectivity index (χ1) is 12.3. The molecule has 0 heterocycles. The first-order valence-electron chi connectivity index (χ1n) is 8.73. The average molecular weight is 366 g/mol. The zero-order valence-electron chi connectivity index (χ0n) is 16.0. The molecule has 0 bridgehead atoms. The van der Waals surface area contributed by atoms with E-state index in [1.54, 1.807) is 7.11 Å². The Bertz CT molecular complexity index is 543. The second-order valence-electron chi connectivity index (χ2n) is 6.93. The Hall–Kier alpha value is -2.28. The number of ether oxygens (including phenoxy) is 3. The summed E-state index contributed by atoms with van der Waals surface area (Å²) in [5, 5.41) is 5.48. The minimum absolute atomic E-state index is 0.183. The van der Waals surface area contributed by atoms with Gasteiger partial charge in [-0.15, -0.1) is 0 Å². The summed E-state index contributed by atoms with van der Waals surface area (Å²) in [5.41, 5.74) is 0.385. The first kappa shape index (κ1) is 21.8. The molecule has 2 N–H and O–H groups in total. The van der Waals surface area contributed by atoms with Crippen LogP contribution in [0.25, 0.3) is 0 Å². The van der Waals surface area contributed by atoms with Gasteiger partial charge in [-0.2, -0.15) is 0 Å². The van der Waals surface area contributed by atoms with Gasteiger partial charge in [0.15, 0.2) is 0 Å². The van der Waals surface area contributed by atoms with Crippen molar-refractivity contribution in [1.29, 1.82) is 0 Å². The molecule has 0 aliphatic carbocycles. The molecule has 2 amide bonds. The van der Waals surface area contributed by atoms with Gasteiger partial charge in [-0.05, 0) is 39.2 Å². The molecule has 0 saturated carbocycles. The molecule has 1 aromatic rings. The van der Waals surface area contributed by atoms with E-state index < -0.39 is 17.8 Å². The molecule has 0 saturated heterocycles. The van der Waals surface area contributed by atoms with Crippen LogP contribution in [0.4, 0.5) is 9.59 Å². The van der Waals surface area contributed by atoms with Crippen molar-refractivity contribution < 1.29 is 23.8 Å². The lowest BCUT2D eigenvalue weighted by molar-refractivity contribution is 0.0463. The molecule has 0 aliphatic heterocycles. The largest absolute Gasteiger partial charge is 0.445 e. The van der Waals surface area contributed by atoms with Crippen LogP contribution in [0.2, 0.25) is 0 Å². The van der Waals surface area contributed by atoms with Gasteiger partial charge >= 0.3 is 12.2 Å². The number of methoxy groups -OCH3 is 1. The maximum atomic E-state index is 11.8. The van der Waals surface area contributed by atoms with Crippen molar-refractivity contribution in [2.24, 2.45) is 0 Å². The molecule has 7 nitrogen and oxygen atoms in total. The average Bonchev–Trinajstić information content (AvgIpc) is 2.56. The van der Waals surface area contributed by atoms with Gasteiger partial charge in [-0.25, -0.2) is 9.59 Å². The molecule has 26 heavy (non-hydrogen) atoms. The second kappa shape index (κ2) is 11.4. The van der Waals surface area contributed by atoms with Crippen LogP contribution in [0.5, 0.6) is 0 Å². The van der Waals surface area contributed by atoms with Gasteiger partial charge in [-0.1, -0.05) is 30.3 Å². The maximum Gasteiger partial charge on any atom is 0.407 e. The van der Waals surface area contributed by atoms with E-state index in [1.807, 2.05) is 51.1 Å². The minimum Gasteiger partial charge on any atom is -0.445 e. The Labute approximate surface area is 155 Å². The molecular weight excluding hydrogens is 336 g/mol. The fraction of sp³-hybridized carbons (Fsp3) is 0.579. The Kier molecular flexibility index (Phi) is 9.51. The fourth-order valence-corrected chi connectivity index (χ4v) is 2.19. The molecule has 0 radical (unpaired) electrons. The van der Waals surface area contributed by atoms with Gasteiger partial charge in [-0.3, -0.25) is 0 Å². The van der Waals surface area contributed by atoms with Crippen molar-refractivity contribution in [2.75, 3.05) is 20.3 Å². The number of rotatable bonds is 9. The molecule has 0 unspecified atom stereocenters. The lowest BCUT2D eigenvalue weighted by Crippen LogP contribution is -2.41.